The molecule has 0 bridgehead atoms. The van der Waals surface area contributed by atoms with Crippen molar-refractivity contribution in [2.24, 2.45) is 5.10 Å². The molecule has 0 heterocycles. The van der Waals surface area contributed by atoms with Gasteiger partial charge < -0.3 is 0 Å². The zero-order chi connectivity index (χ0) is 21.1. The quantitative estimate of drug-likeness (QED) is 0.597. The minimum atomic E-state index is -3.62. The minimum Gasteiger partial charge on any atom is -0.271 e. The van der Waals surface area contributed by atoms with Gasteiger partial charge in [0.25, 0.3) is 5.91 Å². The summed E-state index contributed by atoms with van der Waals surface area (Å²) in [4.78, 5) is 12.3. The van der Waals surface area contributed by atoms with Gasteiger partial charge in [0, 0.05) is 0 Å². The van der Waals surface area contributed by atoms with Crippen molar-refractivity contribution >= 4 is 27.8 Å². The van der Waals surface area contributed by atoms with Crippen LogP contribution >= 0.6 is 0 Å². The van der Waals surface area contributed by atoms with Crippen LogP contribution in [0.1, 0.15) is 33.4 Å². The fourth-order valence-electron chi connectivity index (χ4n) is 2.74. The standard InChI is InChI=1S/C21H27N3O3S/c1-14-8-10-20(11-16(14)3)24(28(6,26)27)13-21(25)23-22-12-19-9-7-15(2)17(4)18(19)5/h7-12H,13H2,1-6H3,(H,23,25)/b22-12-. The highest BCUT2D eigenvalue weighted by atomic mass is 32.2. The molecule has 6 nitrogen and oxygen atoms in total. The number of benzene rings is 2. The monoisotopic (exact) mass is 401 g/mol. The first-order chi connectivity index (χ1) is 13.0. The summed E-state index contributed by atoms with van der Waals surface area (Å²) in [6, 6.07) is 9.22. The van der Waals surface area contributed by atoms with E-state index >= 15 is 0 Å². The molecule has 7 heteroatoms. The Morgan fingerprint density at radius 2 is 1.64 bits per heavy atom. The summed E-state index contributed by atoms with van der Waals surface area (Å²) < 4.78 is 25.4. The Morgan fingerprint density at radius 1 is 1.00 bits per heavy atom. The summed E-state index contributed by atoms with van der Waals surface area (Å²) >= 11 is 0. The molecular formula is C21H27N3O3S. The molecule has 28 heavy (non-hydrogen) atoms. The molecule has 0 saturated carbocycles. The summed E-state index contributed by atoms with van der Waals surface area (Å²) in [5.41, 5.74) is 9.23. The van der Waals surface area contributed by atoms with Crippen molar-refractivity contribution < 1.29 is 13.2 Å². The van der Waals surface area contributed by atoms with Crippen LogP contribution in [0.4, 0.5) is 5.69 Å². The second-order valence-electron chi connectivity index (χ2n) is 7.05. The van der Waals surface area contributed by atoms with Crippen molar-refractivity contribution in [3.8, 4) is 0 Å². The predicted molar refractivity (Wildman–Crippen MR) is 114 cm³/mol. The number of hydrogen-bond acceptors (Lipinski definition) is 4. The van der Waals surface area contributed by atoms with E-state index < -0.39 is 15.9 Å². The average molecular weight is 402 g/mol. The molecule has 150 valence electrons. The molecule has 2 aromatic rings. The topological polar surface area (TPSA) is 78.8 Å². The molecule has 0 fully saturated rings. The van der Waals surface area contributed by atoms with Gasteiger partial charge >= 0.3 is 0 Å². The Labute approximate surface area is 167 Å². The molecule has 2 rings (SSSR count). The Bertz CT molecular complexity index is 1030. The molecule has 0 aromatic heterocycles. The van der Waals surface area contributed by atoms with Crippen LogP contribution < -0.4 is 9.73 Å². The number of hydrogen-bond donors (Lipinski definition) is 1. The summed E-state index contributed by atoms with van der Waals surface area (Å²) in [5.74, 6) is -0.513. The summed E-state index contributed by atoms with van der Waals surface area (Å²) in [6.45, 7) is 9.57. The van der Waals surface area contributed by atoms with E-state index in [-0.39, 0.29) is 6.54 Å². The van der Waals surface area contributed by atoms with E-state index in [2.05, 4.69) is 10.5 Å². The van der Waals surface area contributed by atoms with Crippen LogP contribution in [0.3, 0.4) is 0 Å². The lowest BCUT2D eigenvalue weighted by Crippen LogP contribution is -2.39. The Kier molecular flexibility index (Phi) is 6.61. The Hall–Kier alpha value is -2.67. The van der Waals surface area contributed by atoms with E-state index in [1.54, 1.807) is 18.3 Å². The zero-order valence-electron chi connectivity index (χ0n) is 17.2. The summed E-state index contributed by atoms with van der Waals surface area (Å²) in [5, 5.41) is 3.99. The van der Waals surface area contributed by atoms with E-state index in [1.807, 2.05) is 52.8 Å². The van der Waals surface area contributed by atoms with Gasteiger partial charge in [0.2, 0.25) is 10.0 Å². The molecule has 0 atom stereocenters. The first-order valence-corrected chi connectivity index (χ1v) is 10.8. The summed E-state index contributed by atoms with van der Waals surface area (Å²) in [6.07, 6.45) is 2.65. The van der Waals surface area contributed by atoms with Gasteiger partial charge in [0.05, 0.1) is 18.2 Å². The van der Waals surface area contributed by atoms with Crippen molar-refractivity contribution in [2.45, 2.75) is 34.6 Å². The highest BCUT2D eigenvalue weighted by Gasteiger charge is 2.21. The number of carbonyl (C=O) groups excluding carboxylic acids is 1. The second kappa shape index (κ2) is 8.56. The molecule has 1 amide bonds. The van der Waals surface area contributed by atoms with Crippen LogP contribution in [-0.2, 0) is 14.8 Å². The highest BCUT2D eigenvalue weighted by molar-refractivity contribution is 7.92. The van der Waals surface area contributed by atoms with E-state index in [0.29, 0.717) is 5.69 Å². The fraction of sp³-hybridized carbons (Fsp3) is 0.333. The van der Waals surface area contributed by atoms with Gasteiger partial charge in [0.15, 0.2) is 0 Å². The number of rotatable bonds is 6. The SMILES string of the molecule is Cc1ccc(N(CC(=O)N/N=C\c2ccc(C)c(C)c2C)S(C)(=O)=O)cc1C. The number of nitrogens with one attached hydrogen (secondary N) is 1. The van der Waals surface area contributed by atoms with Gasteiger partial charge in [0.1, 0.15) is 6.54 Å². The first-order valence-electron chi connectivity index (χ1n) is 8.94. The molecule has 2 aromatic carbocycles. The van der Waals surface area contributed by atoms with Crippen molar-refractivity contribution in [2.75, 3.05) is 17.1 Å². The van der Waals surface area contributed by atoms with E-state index in [1.165, 1.54) is 11.1 Å². The van der Waals surface area contributed by atoms with Crippen LogP contribution in [0.15, 0.2) is 35.4 Å². The minimum absolute atomic E-state index is 0.343. The lowest BCUT2D eigenvalue weighted by atomic mass is 10.00. The van der Waals surface area contributed by atoms with Gasteiger partial charge in [-0.1, -0.05) is 18.2 Å². The molecule has 0 radical (unpaired) electrons. The van der Waals surface area contributed by atoms with Crippen molar-refractivity contribution in [1.82, 2.24) is 5.43 Å². The molecule has 1 N–H and O–H groups in total. The number of aryl methyl sites for hydroxylation is 3. The smallest absolute Gasteiger partial charge is 0.260 e. The number of anilines is 1. The number of amides is 1. The second-order valence-corrected chi connectivity index (χ2v) is 8.96. The maximum Gasteiger partial charge on any atom is 0.260 e. The van der Waals surface area contributed by atoms with Gasteiger partial charge in [-0.15, -0.1) is 0 Å². The highest BCUT2D eigenvalue weighted by Crippen LogP contribution is 2.21. The molecule has 0 aliphatic carbocycles. The largest absolute Gasteiger partial charge is 0.271 e. The first kappa shape index (κ1) is 21.6. The lowest BCUT2D eigenvalue weighted by Gasteiger charge is -2.22. The lowest BCUT2D eigenvalue weighted by molar-refractivity contribution is -0.119. The summed E-state index contributed by atoms with van der Waals surface area (Å²) in [7, 11) is -3.62. The van der Waals surface area contributed by atoms with Gasteiger partial charge in [-0.3, -0.25) is 9.10 Å². The third-order valence-electron chi connectivity index (χ3n) is 4.96. The van der Waals surface area contributed by atoms with Crippen LogP contribution in [0.2, 0.25) is 0 Å². The molecule has 0 saturated heterocycles. The van der Waals surface area contributed by atoms with Crippen LogP contribution in [0, 0.1) is 34.6 Å². The van der Waals surface area contributed by atoms with Crippen LogP contribution in [-0.4, -0.2) is 33.3 Å². The van der Waals surface area contributed by atoms with Crippen molar-refractivity contribution in [3.63, 3.8) is 0 Å². The molecular weight excluding hydrogens is 374 g/mol. The molecule has 0 spiro atoms. The third kappa shape index (κ3) is 5.19. The van der Waals surface area contributed by atoms with Gasteiger partial charge in [-0.2, -0.15) is 5.10 Å². The number of sulfonamides is 1. The van der Waals surface area contributed by atoms with Crippen molar-refractivity contribution in [3.05, 3.63) is 63.7 Å². The van der Waals surface area contributed by atoms with Crippen LogP contribution in [0.5, 0.6) is 0 Å². The Balaban J connectivity index is 2.14. The zero-order valence-corrected chi connectivity index (χ0v) is 18.0. The van der Waals surface area contributed by atoms with Gasteiger partial charge in [-0.25, -0.2) is 13.8 Å². The van der Waals surface area contributed by atoms with Crippen LogP contribution in [0.25, 0.3) is 0 Å². The molecule has 0 aliphatic rings. The number of nitrogens with zero attached hydrogens (tertiary/aromatic N) is 2. The molecule has 0 aliphatic heterocycles. The van der Waals surface area contributed by atoms with E-state index in [4.69, 9.17) is 0 Å². The maximum atomic E-state index is 12.3. The van der Waals surface area contributed by atoms with Crippen molar-refractivity contribution in [1.29, 1.82) is 0 Å². The third-order valence-corrected chi connectivity index (χ3v) is 6.10. The van der Waals surface area contributed by atoms with Gasteiger partial charge in [-0.05, 0) is 80.1 Å². The Morgan fingerprint density at radius 3 is 2.25 bits per heavy atom. The fourth-order valence-corrected chi connectivity index (χ4v) is 3.59. The normalized spacial score (nSPS) is 11.6. The predicted octanol–water partition coefficient (Wildman–Crippen LogP) is 3.15. The number of carbonyl (C=O) groups is 1. The average Bonchev–Trinajstić information content (AvgIpc) is 2.61. The van der Waals surface area contributed by atoms with E-state index in [0.717, 1.165) is 32.8 Å². The maximum absolute atomic E-state index is 12.3. The number of hydrazone groups is 1. The van der Waals surface area contributed by atoms with E-state index in [9.17, 15) is 13.2 Å². The molecule has 0 unspecified atom stereocenters.